The lowest BCUT2D eigenvalue weighted by molar-refractivity contribution is 0.304. The Hall–Kier alpha value is -1.28. The van der Waals surface area contributed by atoms with Crippen molar-refractivity contribution < 1.29 is 4.74 Å². The third-order valence-electron chi connectivity index (χ3n) is 2.38. The molecular formula is C14H13BrO. The fourth-order valence-corrected chi connectivity index (χ4v) is 1.95. The second kappa shape index (κ2) is 5.17. The van der Waals surface area contributed by atoms with Crippen LogP contribution in [0.1, 0.15) is 11.1 Å². The van der Waals surface area contributed by atoms with Crippen molar-refractivity contribution in [2.75, 3.05) is 0 Å². The summed E-state index contributed by atoms with van der Waals surface area (Å²) in [4.78, 5) is 0. The summed E-state index contributed by atoms with van der Waals surface area (Å²) < 4.78 is 6.84. The molecule has 0 aliphatic heterocycles. The molecule has 0 aliphatic carbocycles. The molecule has 16 heavy (non-hydrogen) atoms. The van der Waals surface area contributed by atoms with Gasteiger partial charge in [0.1, 0.15) is 12.4 Å². The first-order chi connectivity index (χ1) is 7.75. The van der Waals surface area contributed by atoms with Crippen LogP contribution in [-0.4, -0.2) is 0 Å². The third kappa shape index (κ3) is 2.86. The highest BCUT2D eigenvalue weighted by atomic mass is 79.9. The molecule has 0 heterocycles. The second-order valence-electron chi connectivity index (χ2n) is 3.68. The highest BCUT2D eigenvalue weighted by Crippen LogP contribution is 2.19. The molecule has 0 bridgehead atoms. The Morgan fingerprint density at radius 3 is 2.62 bits per heavy atom. The molecule has 2 rings (SSSR count). The van der Waals surface area contributed by atoms with Crippen molar-refractivity contribution in [1.29, 1.82) is 0 Å². The van der Waals surface area contributed by atoms with Gasteiger partial charge in [0.15, 0.2) is 0 Å². The number of benzene rings is 2. The van der Waals surface area contributed by atoms with Gasteiger partial charge < -0.3 is 4.74 Å². The molecule has 0 aromatic heterocycles. The number of ether oxygens (including phenoxy) is 1. The lowest BCUT2D eigenvalue weighted by atomic mass is 10.2. The van der Waals surface area contributed by atoms with Crippen LogP contribution in [0.4, 0.5) is 0 Å². The van der Waals surface area contributed by atoms with Gasteiger partial charge in [-0.05, 0) is 36.2 Å². The first-order valence-electron chi connectivity index (χ1n) is 5.18. The maximum Gasteiger partial charge on any atom is 0.122 e. The fourth-order valence-electron chi connectivity index (χ4n) is 1.51. The molecule has 0 amide bonds. The van der Waals surface area contributed by atoms with Gasteiger partial charge in [0.2, 0.25) is 0 Å². The van der Waals surface area contributed by atoms with Crippen molar-refractivity contribution in [3.05, 3.63) is 64.1 Å². The maximum absolute atomic E-state index is 5.76. The van der Waals surface area contributed by atoms with Crippen LogP contribution in [0.2, 0.25) is 0 Å². The standard InChI is InChI=1S/C14H13BrO/c1-11-5-2-3-8-14(11)16-10-12-6-4-7-13(15)9-12/h2-9H,10H2,1H3. The Bertz CT molecular complexity index is 480. The molecule has 0 N–H and O–H groups in total. The van der Waals surface area contributed by atoms with Crippen LogP contribution in [0, 0.1) is 6.92 Å². The quantitative estimate of drug-likeness (QED) is 0.811. The van der Waals surface area contributed by atoms with Crippen molar-refractivity contribution >= 4 is 15.9 Å². The Morgan fingerprint density at radius 1 is 1.06 bits per heavy atom. The average molecular weight is 277 g/mol. The van der Waals surface area contributed by atoms with Crippen molar-refractivity contribution in [2.24, 2.45) is 0 Å². The summed E-state index contributed by atoms with van der Waals surface area (Å²) in [5, 5.41) is 0. The molecule has 0 radical (unpaired) electrons. The van der Waals surface area contributed by atoms with Gasteiger partial charge in [0.25, 0.3) is 0 Å². The number of para-hydroxylation sites is 1. The van der Waals surface area contributed by atoms with E-state index in [4.69, 9.17) is 4.74 Å². The average Bonchev–Trinajstić information content (AvgIpc) is 2.28. The molecule has 0 aliphatic rings. The minimum atomic E-state index is 0.601. The molecule has 82 valence electrons. The molecule has 2 aromatic rings. The SMILES string of the molecule is Cc1ccccc1OCc1cccc(Br)c1. The summed E-state index contributed by atoms with van der Waals surface area (Å²) in [7, 11) is 0. The van der Waals surface area contributed by atoms with Gasteiger partial charge in [-0.1, -0.05) is 46.3 Å². The first kappa shape index (κ1) is 11.2. The molecule has 0 atom stereocenters. The van der Waals surface area contributed by atoms with E-state index in [1.165, 1.54) is 0 Å². The van der Waals surface area contributed by atoms with Gasteiger partial charge in [-0.25, -0.2) is 0 Å². The van der Waals surface area contributed by atoms with Crippen LogP contribution in [-0.2, 0) is 6.61 Å². The highest BCUT2D eigenvalue weighted by Gasteiger charge is 1.99. The summed E-state index contributed by atoms with van der Waals surface area (Å²) in [5.74, 6) is 0.947. The zero-order chi connectivity index (χ0) is 11.4. The predicted octanol–water partition coefficient (Wildman–Crippen LogP) is 4.34. The molecule has 0 spiro atoms. The summed E-state index contributed by atoms with van der Waals surface area (Å²) in [6.45, 7) is 2.65. The third-order valence-corrected chi connectivity index (χ3v) is 2.87. The van der Waals surface area contributed by atoms with Crippen molar-refractivity contribution in [3.63, 3.8) is 0 Å². The molecule has 0 saturated carbocycles. The van der Waals surface area contributed by atoms with Crippen LogP contribution >= 0.6 is 15.9 Å². The monoisotopic (exact) mass is 276 g/mol. The van der Waals surface area contributed by atoms with Crippen molar-refractivity contribution in [3.8, 4) is 5.75 Å². The number of hydrogen-bond donors (Lipinski definition) is 0. The minimum Gasteiger partial charge on any atom is -0.489 e. The van der Waals surface area contributed by atoms with Gasteiger partial charge in [0.05, 0.1) is 0 Å². The van der Waals surface area contributed by atoms with Crippen LogP contribution in [0.25, 0.3) is 0 Å². The second-order valence-corrected chi connectivity index (χ2v) is 4.60. The largest absolute Gasteiger partial charge is 0.489 e. The van der Waals surface area contributed by atoms with E-state index >= 15 is 0 Å². The lowest BCUT2D eigenvalue weighted by Gasteiger charge is -2.08. The molecule has 0 unspecified atom stereocenters. The van der Waals surface area contributed by atoms with Gasteiger partial charge >= 0.3 is 0 Å². The number of rotatable bonds is 3. The minimum absolute atomic E-state index is 0.601. The molecular weight excluding hydrogens is 264 g/mol. The smallest absolute Gasteiger partial charge is 0.122 e. The van der Waals surface area contributed by atoms with E-state index in [9.17, 15) is 0 Å². The number of halogens is 1. The van der Waals surface area contributed by atoms with Crippen LogP contribution in [0.5, 0.6) is 5.75 Å². The molecule has 2 aromatic carbocycles. The Labute approximate surface area is 104 Å². The fraction of sp³-hybridized carbons (Fsp3) is 0.143. The normalized spacial score (nSPS) is 10.1. The summed E-state index contributed by atoms with van der Waals surface area (Å²) >= 11 is 3.45. The highest BCUT2D eigenvalue weighted by molar-refractivity contribution is 9.10. The molecule has 2 heteroatoms. The van der Waals surface area contributed by atoms with Crippen molar-refractivity contribution in [2.45, 2.75) is 13.5 Å². The molecule has 1 nitrogen and oxygen atoms in total. The topological polar surface area (TPSA) is 9.23 Å². The first-order valence-corrected chi connectivity index (χ1v) is 5.98. The van der Waals surface area contributed by atoms with Gasteiger partial charge in [-0.2, -0.15) is 0 Å². The Kier molecular flexibility index (Phi) is 3.62. The van der Waals surface area contributed by atoms with Crippen LogP contribution in [0.15, 0.2) is 53.0 Å². The van der Waals surface area contributed by atoms with Gasteiger partial charge in [-0.3, -0.25) is 0 Å². The van der Waals surface area contributed by atoms with Gasteiger partial charge in [-0.15, -0.1) is 0 Å². The zero-order valence-electron chi connectivity index (χ0n) is 9.11. The van der Waals surface area contributed by atoms with E-state index < -0.39 is 0 Å². The summed E-state index contributed by atoms with van der Waals surface area (Å²) in [5.41, 5.74) is 2.33. The van der Waals surface area contributed by atoms with Crippen molar-refractivity contribution in [1.82, 2.24) is 0 Å². The van der Waals surface area contributed by atoms with Crippen LogP contribution < -0.4 is 4.74 Å². The van der Waals surface area contributed by atoms with Gasteiger partial charge in [0, 0.05) is 4.47 Å². The van der Waals surface area contributed by atoms with E-state index in [0.717, 1.165) is 21.3 Å². The number of aryl methyl sites for hydroxylation is 1. The molecule has 0 fully saturated rings. The summed E-state index contributed by atoms with van der Waals surface area (Å²) in [6.07, 6.45) is 0. The van der Waals surface area contributed by atoms with Crippen LogP contribution in [0.3, 0.4) is 0 Å². The number of hydrogen-bond acceptors (Lipinski definition) is 1. The lowest BCUT2D eigenvalue weighted by Crippen LogP contribution is -1.96. The van der Waals surface area contributed by atoms with E-state index in [0.29, 0.717) is 6.61 Å². The maximum atomic E-state index is 5.76. The Balaban J connectivity index is 2.05. The van der Waals surface area contributed by atoms with E-state index in [1.807, 2.05) is 30.3 Å². The summed E-state index contributed by atoms with van der Waals surface area (Å²) in [6, 6.07) is 16.2. The zero-order valence-corrected chi connectivity index (χ0v) is 10.7. The van der Waals surface area contributed by atoms with E-state index in [1.54, 1.807) is 0 Å². The predicted molar refractivity (Wildman–Crippen MR) is 69.7 cm³/mol. The van der Waals surface area contributed by atoms with E-state index in [-0.39, 0.29) is 0 Å². The molecule has 0 saturated heterocycles. The van der Waals surface area contributed by atoms with E-state index in [2.05, 4.69) is 41.1 Å². The Morgan fingerprint density at radius 2 is 1.88 bits per heavy atom.